The molecule has 9 heteroatoms. The van der Waals surface area contributed by atoms with Crippen LogP contribution in [0.2, 0.25) is 0 Å². The number of benzene rings is 1. The zero-order valence-electron chi connectivity index (χ0n) is 19.0. The van der Waals surface area contributed by atoms with Gasteiger partial charge in [-0.25, -0.2) is 4.68 Å². The highest BCUT2D eigenvalue weighted by Gasteiger charge is 2.28. The lowest BCUT2D eigenvalue weighted by Gasteiger charge is -2.37. The summed E-state index contributed by atoms with van der Waals surface area (Å²) in [5.41, 5.74) is 2.73. The van der Waals surface area contributed by atoms with Gasteiger partial charge in [0.05, 0.1) is 18.9 Å². The molecule has 0 aliphatic carbocycles. The number of anilines is 1. The molecule has 1 amide bonds. The Labute approximate surface area is 190 Å². The third-order valence-electron chi connectivity index (χ3n) is 6.40. The van der Waals surface area contributed by atoms with Gasteiger partial charge in [-0.1, -0.05) is 6.92 Å². The predicted molar refractivity (Wildman–Crippen MR) is 125 cm³/mol. The second-order valence-corrected chi connectivity index (χ2v) is 8.24. The molecule has 0 bridgehead atoms. The van der Waals surface area contributed by atoms with Crippen LogP contribution in [-0.2, 0) is 11.2 Å². The highest BCUT2D eigenvalue weighted by molar-refractivity contribution is 5.83. The number of amides is 1. The molecule has 33 heavy (non-hydrogen) atoms. The van der Waals surface area contributed by atoms with E-state index in [0.717, 1.165) is 30.0 Å². The molecule has 1 aliphatic heterocycles. The summed E-state index contributed by atoms with van der Waals surface area (Å²) >= 11 is 0. The minimum Gasteiger partial charge on any atom is -0.497 e. The third-order valence-corrected chi connectivity index (χ3v) is 6.40. The Hall–Kier alpha value is -3.75. The molecule has 5 rings (SSSR count). The number of ether oxygens (including phenoxy) is 1. The second kappa shape index (κ2) is 8.31. The molecule has 4 heterocycles. The van der Waals surface area contributed by atoms with Crippen molar-refractivity contribution in [3.8, 4) is 5.75 Å². The van der Waals surface area contributed by atoms with Crippen LogP contribution in [0.4, 0.5) is 5.69 Å². The Morgan fingerprint density at radius 2 is 1.85 bits per heavy atom. The van der Waals surface area contributed by atoms with Crippen molar-refractivity contribution in [3.63, 3.8) is 0 Å². The van der Waals surface area contributed by atoms with Crippen LogP contribution < -0.4 is 15.2 Å². The van der Waals surface area contributed by atoms with E-state index in [-0.39, 0.29) is 11.5 Å². The average Bonchev–Trinajstić information content (AvgIpc) is 3.46. The standard InChI is InChI=1S/C24H27N5O4/c1-4-22-25-29(24(31)20-15-21-19(28(20)22)9-14-33-21)16(2)23(30)27-12-10-26(11-13-27)17-5-7-18(32-3)8-6-17/h5-9,14-16H,4,10-13H2,1-3H3/t16-/m0/s1. The molecular weight excluding hydrogens is 422 g/mol. The van der Waals surface area contributed by atoms with E-state index in [4.69, 9.17) is 9.15 Å². The van der Waals surface area contributed by atoms with Gasteiger partial charge in [0.1, 0.15) is 23.1 Å². The highest BCUT2D eigenvalue weighted by atomic mass is 16.5. The molecule has 172 valence electrons. The van der Waals surface area contributed by atoms with Gasteiger partial charge in [0.15, 0.2) is 5.58 Å². The molecular formula is C24H27N5O4. The summed E-state index contributed by atoms with van der Waals surface area (Å²) < 4.78 is 13.8. The van der Waals surface area contributed by atoms with Crippen LogP contribution in [0, 0.1) is 0 Å². The Morgan fingerprint density at radius 3 is 2.52 bits per heavy atom. The molecule has 0 saturated carbocycles. The van der Waals surface area contributed by atoms with Crippen LogP contribution in [0.25, 0.3) is 16.6 Å². The molecule has 0 spiro atoms. The molecule has 1 fully saturated rings. The largest absolute Gasteiger partial charge is 0.497 e. The lowest BCUT2D eigenvalue weighted by atomic mass is 10.2. The van der Waals surface area contributed by atoms with E-state index >= 15 is 0 Å². The first kappa shape index (κ1) is 21.1. The lowest BCUT2D eigenvalue weighted by molar-refractivity contribution is -0.135. The van der Waals surface area contributed by atoms with E-state index in [1.54, 1.807) is 26.4 Å². The number of hydrogen-bond acceptors (Lipinski definition) is 6. The number of rotatable bonds is 5. The van der Waals surface area contributed by atoms with Gasteiger partial charge in [-0.05, 0) is 31.2 Å². The van der Waals surface area contributed by atoms with Crippen molar-refractivity contribution in [2.24, 2.45) is 0 Å². The second-order valence-electron chi connectivity index (χ2n) is 8.24. The molecule has 0 unspecified atom stereocenters. The van der Waals surface area contributed by atoms with E-state index in [1.807, 2.05) is 46.6 Å². The number of fused-ring (bicyclic) bond motifs is 3. The van der Waals surface area contributed by atoms with Crippen molar-refractivity contribution in [3.05, 3.63) is 58.8 Å². The van der Waals surface area contributed by atoms with E-state index in [0.29, 0.717) is 36.4 Å². The van der Waals surface area contributed by atoms with Gasteiger partial charge in [-0.2, -0.15) is 5.10 Å². The van der Waals surface area contributed by atoms with Crippen LogP contribution in [0.3, 0.4) is 0 Å². The summed E-state index contributed by atoms with van der Waals surface area (Å²) in [4.78, 5) is 30.6. The Bertz CT molecular complexity index is 1360. The molecule has 3 aromatic heterocycles. The minimum atomic E-state index is -0.693. The Balaban J connectivity index is 1.36. The number of carbonyl (C=O) groups excluding carboxylic acids is 1. The molecule has 1 aromatic carbocycles. The molecule has 1 aliphatic rings. The molecule has 1 atom stereocenters. The van der Waals surface area contributed by atoms with Crippen molar-refractivity contribution in [2.75, 3.05) is 38.2 Å². The van der Waals surface area contributed by atoms with Gasteiger partial charge in [-0.3, -0.25) is 14.0 Å². The molecule has 9 nitrogen and oxygen atoms in total. The van der Waals surface area contributed by atoms with Crippen molar-refractivity contribution in [1.29, 1.82) is 0 Å². The van der Waals surface area contributed by atoms with E-state index in [1.165, 1.54) is 4.68 Å². The first-order valence-electron chi connectivity index (χ1n) is 11.2. The van der Waals surface area contributed by atoms with Gasteiger partial charge in [-0.15, -0.1) is 0 Å². The monoisotopic (exact) mass is 449 g/mol. The molecule has 0 N–H and O–H groups in total. The highest BCUT2D eigenvalue weighted by Crippen LogP contribution is 2.23. The van der Waals surface area contributed by atoms with Gasteiger partial charge in [0, 0.05) is 50.4 Å². The average molecular weight is 450 g/mol. The third kappa shape index (κ3) is 3.53. The fourth-order valence-corrected chi connectivity index (χ4v) is 4.53. The van der Waals surface area contributed by atoms with Crippen LogP contribution >= 0.6 is 0 Å². The molecule has 1 saturated heterocycles. The van der Waals surface area contributed by atoms with Crippen molar-refractivity contribution < 1.29 is 13.9 Å². The summed E-state index contributed by atoms with van der Waals surface area (Å²) in [6.45, 7) is 6.35. The number of carbonyl (C=O) groups is 1. The van der Waals surface area contributed by atoms with E-state index in [2.05, 4.69) is 10.00 Å². The fourth-order valence-electron chi connectivity index (χ4n) is 4.53. The number of furan rings is 1. The molecule has 4 aromatic rings. The summed E-state index contributed by atoms with van der Waals surface area (Å²) in [6, 6.07) is 10.8. The zero-order valence-corrected chi connectivity index (χ0v) is 19.0. The maximum Gasteiger partial charge on any atom is 0.291 e. The Kier molecular flexibility index (Phi) is 5.32. The summed E-state index contributed by atoms with van der Waals surface area (Å²) in [5.74, 6) is 1.43. The zero-order chi connectivity index (χ0) is 23.1. The van der Waals surface area contributed by atoms with Crippen LogP contribution in [0.15, 0.2) is 51.9 Å². The van der Waals surface area contributed by atoms with Gasteiger partial charge in [0.2, 0.25) is 5.91 Å². The van der Waals surface area contributed by atoms with Gasteiger partial charge in [0.25, 0.3) is 5.56 Å². The molecule has 0 radical (unpaired) electrons. The fraction of sp³-hybridized carbons (Fsp3) is 0.375. The summed E-state index contributed by atoms with van der Waals surface area (Å²) in [7, 11) is 1.65. The number of nitrogens with zero attached hydrogens (tertiary/aromatic N) is 5. The van der Waals surface area contributed by atoms with Crippen LogP contribution in [-0.4, -0.2) is 58.3 Å². The SMILES string of the molecule is CCc1nn([C@@H](C)C(=O)N2CCN(c3ccc(OC)cc3)CC2)c(=O)c2cc3occc3n12. The van der Waals surface area contributed by atoms with Crippen molar-refractivity contribution in [2.45, 2.75) is 26.3 Å². The first-order valence-corrected chi connectivity index (χ1v) is 11.2. The van der Waals surface area contributed by atoms with Crippen molar-refractivity contribution in [1.82, 2.24) is 19.1 Å². The number of aryl methyl sites for hydroxylation is 1. The van der Waals surface area contributed by atoms with E-state index < -0.39 is 6.04 Å². The smallest absolute Gasteiger partial charge is 0.291 e. The van der Waals surface area contributed by atoms with E-state index in [9.17, 15) is 9.59 Å². The Morgan fingerprint density at radius 1 is 1.12 bits per heavy atom. The quantitative estimate of drug-likeness (QED) is 0.466. The lowest BCUT2D eigenvalue weighted by Crippen LogP contribution is -2.51. The maximum atomic E-state index is 13.3. The first-order chi connectivity index (χ1) is 16.0. The number of methoxy groups -OCH3 is 1. The van der Waals surface area contributed by atoms with Crippen LogP contribution in [0.1, 0.15) is 25.7 Å². The van der Waals surface area contributed by atoms with Crippen LogP contribution in [0.5, 0.6) is 5.75 Å². The maximum absolute atomic E-state index is 13.3. The topological polar surface area (TPSA) is 85.2 Å². The van der Waals surface area contributed by atoms with Gasteiger partial charge >= 0.3 is 0 Å². The number of aromatic nitrogens is 3. The number of piperazine rings is 1. The van der Waals surface area contributed by atoms with Gasteiger partial charge < -0.3 is 19.0 Å². The predicted octanol–water partition coefficient (Wildman–Crippen LogP) is 2.72. The summed E-state index contributed by atoms with van der Waals surface area (Å²) in [5, 5.41) is 4.57. The normalized spacial score (nSPS) is 15.4. The van der Waals surface area contributed by atoms with Crippen molar-refractivity contribution >= 4 is 28.2 Å². The minimum absolute atomic E-state index is 0.0966. The summed E-state index contributed by atoms with van der Waals surface area (Å²) in [6.07, 6.45) is 2.22. The number of hydrogen-bond donors (Lipinski definition) is 0.